The third-order valence-corrected chi connectivity index (χ3v) is 3.60. The Bertz CT molecular complexity index is 819. The van der Waals surface area contributed by atoms with Gasteiger partial charge in [-0.2, -0.15) is 0 Å². The van der Waals surface area contributed by atoms with Crippen LogP contribution in [0.5, 0.6) is 5.75 Å². The molecule has 0 fully saturated rings. The molecular weight excluding hydrogens is 288 g/mol. The van der Waals surface area contributed by atoms with Gasteiger partial charge in [0.05, 0.1) is 13.0 Å². The van der Waals surface area contributed by atoms with Crippen LogP contribution in [0.2, 0.25) is 0 Å². The Morgan fingerprint density at radius 2 is 2.00 bits per heavy atom. The van der Waals surface area contributed by atoms with Crippen molar-refractivity contribution in [2.24, 2.45) is 0 Å². The molecule has 2 N–H and O–H groups in total. The molecule has 0 saturated carbocycles. The van der Waals surface area contributed by atoms with Gasteiger partial charge in [0.2, 0.25) is 0 Å². The lowest BCUT2D eigenvalue weighted by Crippen LogP contribution is -2.83. The van der Waals surface area contributed by atoms with Crippen LogP contribution in [-0.2, 0) is 13.0 Å². The first-order valence-electron chi connectivity index (χ1n) is 7.63. The van der Waals surface area contributed by atoms with Gasteiger partial charge < -0.3 is 10.1 Å². The average Bonchev–Trinajstić information content (AvgIpc) is 3.01. The highest BCUT2D eigenvalue weighted by atomic mass is 16.5. The van der Waals surface area contributed by atoms with Gasteiger partial charge in [-0.15, -0.1) is 16.6 Å². The molecular formula is C18H19N4O+. The normalized spacial score (nSPS) is 10.6. The summed E-state index contributed by atoms with van der Waals surface area (Å²) in [5.74, 6) is 4.33. The van der Waals surface area contributed by atoms with Gasteiger partial charge in [0, 0.05) is 11.8 Å². The Hall–Kier alpha value is -2.84. The first-order chi connectivity index (χ1) is 11.4. The first-order valence-corrected chi connectivity index (χ1v) is 7.63. The van der Waals surface area contributed by atoms with Crippen molar-refractivity contribution in [3.63, 3.8) is 0 Å². The summed E-state index contributed by atoms with van der Waals surface area (Å²) >= 11 is 0. The van der Waals surface area contributed by atoms with Crippen LogP contribution < -0.4 is 10.1 Å². The quantitative estimate of drug-likeness (QED) is 0.524. The molecule has 0 saturated heterocycles. The molecule has 3 rings (SSSR count). The van der Waals surface area contributed by atoms with Crippen molar-refractivity contribution in [2.75, 3.05) is 13.2 Å². The summed E-state index contributed by atoms with van der Waals surface area (Å²) < 4.78 is 7.59. The molecule has 5 nitrogen and oxygen atoms in total. The number of nitrogens with zero attached hydrogens (tertiary/aromatic N) is 3. The molecule has 0 unspecified atom stereocenters. The maximum absolute atomic E-state index is 5.56. The number of hydrogen-bond donors (Lipinski definition) is 1. The molecule has 0 radical (unpaired) electrons. The van der Waals surface area contributed by atoms with Gasteiger partial charge in [-0.05, 0) is 24.3 Å². The molecule has 23 heavy (non-hydrogen) atoms. The summed E-state index contributed by atoms with van der Waals surface area (Å²) in [6, 6.07) is 13.9. The van der Waals surface area contributed by atoms with Gasteiger partial charge >= 0.3 is 0 Å². The molecule has 0 spiro atoms. The predicted molar refractivity (Wildman–Crippen MR) is 88.0 cm³/mol. The molecule has 0 amide bonds. The third-order valence-electron chi connectivity index (χ3n) is 3.60. The molecule has 0 bridgehead atoms. The van der Waals surface area contributed by atoms with Gasteiger partial charge in [0.25, 0.3) is 0 Å². The number of terminal acetylenes is 1. The number of fused-ring (bicyclic) bond motifs is 1. The lowest BCUT2D eigenvalue weighted by molar-refractivity contribution is -0.670. The van der Waals surface area contributed by atoms with Gasteiger partial charge in [0.15, 0.2) is 5.65 Å². The Balaban J connectivity index is 1.55. The summed E-state index contributed by atoms with van der Waals surface area (Å²) in [5.41, 5.74) is 2.03. The van der Waals surface area contributed by atoms with E-state index >= 15 is 0 Å². The van der Waals surface area contributed by atoms with Crippen molar-refractivity contribution in [3.05, 3.63) is 60.0 Å². The summed E-state index contributed by atoms with van der Waals surface area (Å²) in [6.45, 7) is 2.07. The van der Waals surface area contributed by atoms with E-state index in [-0.39, 0.29) is 0 Å². The van der Waals surface area contributed by atoms with Crippen molar-refractivity contribution in [2.45, 2.75) is 13.0 Å². The Labute approximate surface area is 135 Å². The summed E-state index contributed by atoms with van der Waals surface area (Å²) in [5, 5.41) is 10.6. The minimum absolute atomic E-state index is 0.294. The molecule has 0 atom stereocenters. The zero-order chi connectivity index (χ0) is 15.9. The summed E-state index contributed by atoms with van der Waals surface area (Å²) in [7, 11) is 0. The second-order valence-electron chi connectivity index (χ2n) is 5.18. The van der Waals surface area contributed by atoms with Crippen LogP contribution in [0.1, 0.15) is 11.4 Å². The van der Waals surface area contributed by atoms with E-state index < -0.39 is 0 Å². The zero-order valence-electron chi connectivity index (χ0n) is 12.9. The highest BCUT2D eigenvalue weighted by Crippen LogP contribution is 2.16. The number of rotatable bonds is 7. The van der Waals surface area contributed by atoms with Crippen molar-refractivity contribution in [1.29, 1.82) is 0 Å². The van der Waals surface area contributed by atoms with Crippen LogP contribution in [0.15, 0.2) is 48.7 Å². The molecule has 116 valence electrons. The van der Waals surface area contributed by atoms with Crippen LogP contribution in [0, 0.1) is 12.3 Å². The number of benzene rings is 1. The minimum atomic E-state index is 0.294. The Morgan fingerprint density at radius 3 is 2.91 bits per heavy atom. The SMILES string of the molecule is C#CCOc1ccccc1C[NH2+]CCc1nnc2ccccn12. The van der Waals surface area contributed by atoms with Gasteiger partial charge in [-0.25, -0.2) is 0 Å². The van der Waals surface area contributed by atoms with Gasteiger partial charge in [-0.3, -0.25) is 4.40 Å². The highest BCUT2D eigenvalue weighted by Gasteiger charge is 2.07. The number of nitrogens with two attached hydrogens (primary N) is 1. The molecule has 1 aromatic carbocycles. The predicted octanol–water partition coefficient (Wildman–Crippen LogP) is 1.05. The fourth-order valence-corrected chi connectivity index (χ4v) is 2.48. The van der Waals surface area contributed by atoms with E-state index in [0.717, 1.165) is 42.3 Å². The lowest BCUT2D eigenvalue weighted by atomic mass is 10.2. The van der Waals surface area contributed by atoms with E-state index in [4.69, 9.17) is 11.2 Å². The molecule has 3 aromatic rings. The third kappa shape index (κ3) is 3.68. The molecule has 0 aliphatic carbocycles. The number of pyridine rings is 1. The summed E-state index contributed by atoms with van der Waals surface area (Å²) in [6.07, 6.45) is 8.10. The molecule has 2 heterocycles. The largest absolute Gasteiger partial charge is 0.480 e. The van der Waals surface area contributed by atoms with Crippen molar-refractivity contribution < 1.29 is 10.1 Å². The van der Waals surface area contributed by atoms with Crippen LogP contribution in [0.4, 0.5) is 0 Å². The maximum Gasteiger partial charge on any atom is 0.160 e. The minimum Gasteiger partial charge on any atom is -0.480 e. The number of para-hydroxylation sites is 1. The number of hydrogen-bond acceptors (Lipinski definition) is 3. The van der Waals surface area contributed by atoms with Gasteiger partial charge in [0.1, 0.15) is 24.7 Å². The Morgan fingerprint density at radius 1 is 1.13 bits per heavy atom. The molecule has 2 aromatic heterocycles. The number of ether oxygens (including phenoxy) is 1. The maximum atomic E-state index is 5.56. The second kappa shape index (κ2) is 7.43. The standard InChI is InChI=1S/C18H18N4O/c1-2-13-23-16-8-4-3-7-15(16)14-19-11-10-18-21-20-17-9-5-6-12-22(17)18/h1,3-9,12,19H,10-11,13-14H2/p+1. The van der Waals surface area contributed by atoms with E-state index in [1.54, 1.807) is 0 Å². The van der Waals surface area contributed by atoms with E-state index in [2.05, 4.69) is 27.5 Å². The molecule has 0 aliphatic heterocycles. The fraction of sp³-hybridized carbons (Fsp3) is 0.222. The van der Waals surface area contributed by atoms with Crippen LogP contribution in [-0.4, -0.2) is 27.7 Å². The zero-order valence-corrected chi connectivity index (χ0v) is 12.9. The fourth-order valence-electron chi connectivity index (χ4n) is 2.48. The van der Waals surface area contributed by atoms with E-state index in [1.165, 1.54) is 0 Å². The smallest absolute Gasteiger partial charge is 0.160 e. The monoisotopic (exact) mass is 307 g/mol. The van der Waals surface area contributed by atoms with Crippen molar-refractivity contribution in [1.82, 2.24) is 14.6 Å². The Kier molecular flexibility index (Phi) is 4.87. The number of quaternary nitrogens is 1. The van der Waals surface area contributed by atoms with Crippen molar-refractivity contribution >= 4 is 5.65 Å². The molecule has 5 heteroatoms. The van der Waals surface area contributed by atoms with E-state index in [0.29, 0.717) is 6.61 Å². The summed E-state index contributed by atoms with van der Waals surface area (Å²) in [4.78, 5) is 0. The van der Waals surface area contributed by atoms with Crippen LogP contribution in [0.25, 0.3) is 5.65 Å². The second-order valence-corrected chi connectivity index (χ2v) is 5.18. The molecule has 0 aliphatic rings. The van der Waals surface area contributed by atoms with Gasteiger partial charge in [-0.1, -0.05) is 24.1 Å². The van der Waals surface area contributed by atoms with Crippen molar-refractivity contribution in [3.8, 4) is 18.1 Å². The topological polar surface area (TPSA) is 56.0 Å². The average molecular weight is 307 g/mol. The first kappa shape index (κ1) is 15.1. The van der Waals surface area contributed by atoms with Crippen LogP contribution >= 0.6 is 0 Å². The number of aromatic nitrogens is 3. The van der Waals surface area contributed by atoms with E-state index in [1.807, 2.05) is 47.0 Å². The lowest BCUT2D eigenvalue weighted by Gasteiger charge is -2.08. The van der Waals surface area contributed by atoms with E-state index in [9.17, 15) is 0 Å². The highest BCUT2D eigenvalue weighted by molar-refractivity contribution is 5.37. The van der Waals surface area contributed by atoms with Crippen LogP contribution in [0.3, 0.4) is 0 Å².